The summed E-state index contributed by atoms with van der Waals surface area (Å²) in [7, 11) is 0. The van der Waals surface area contributed by atoms with Crippen molar-refractivity contribution in [3.05, 3.63) is 75.6 Å². The lowest BCUT2D eigenvalue weighted by atomic mass is 10.0. The van der Waals surface area contributed by atoms with E-state index in [4.69, 9.17) is 9.47 Å². The van der Waals surface area contributed by atoms with E-state index in [9.17, 15) is 9.59 Å². The van der Waals surface area contributed by atoms with Gasteiger partial charge in [-0.3, -0.25) is 4.79 Å². The molecular weight excluding hydrogens is 478 g/mol. The number of carbonyl (C=O) groups excluding carboxylic acids is 2. The van der Waals surface area contributed by atoms with Crippen LogP contribution in [0.25, 0.3) is 17.2 Å². The molecule has 1 aromatic heterocycles. The molecule has 0 unspecified atom stereocenters. The predicted molar refractivity (Wildman–Crippen MR) is 129 cm³/mol. The second kappa shape index (κ2) is 10.9. The smallest absolute Gasteiger partial charge is 0.341 e. The van der Waals surface area contributed by atoms with E-state index in [1.54, 1.807) is 13.0 Å². The lowest BCUT2D eigenvalue weighted by molar-refractivity contribution is -0.111. The van der Waals surface area contributed by atoms with Crippen molar-refractivity contribution in [1.82, 2.24) is 0 Å². The zero-order valence-corrected chi connectivity index (χ0v) is 19.6. The molecule has 1 heterocycles. The molecule has 31 heavy (non-hydrogen) atoms. The van der Waals surface area contributed by atoms with Gasteiger partial charge in [-0.25, -0.2) is 4.79 Å². The Morgan fingerprint density at radius 2 is 1.87 bits per heavy atom. The maximum Gasteiger partial charge on any atom is 0.341 e. The van der Waals surface area contributed by atoms with Crippen LogP contribution in [0.15, 0.2) is 64.5 Å². The number of hydrogen-bond donors (Lipinski definition) is 1. The average molecular weight is 500 g/mol. The summed E-state index contributed by atoms with van der Waals surface area (Å²) in [5.74, 6) is -0.133. The standard InChI is InChI=1S/C24H22BrNO4S/c1-3-29-20-12-11-18(25)14-17(20)10-13-21(27)26-23-22(24(28)30-4-2)19(15-31-23)16-8-6-5-7-9-16/h5-15H,3-4H2,1-2H3,(H,26,27)/b13-10+. The molecule has 2 aromatic carbocycles. The SMILES string of the molecule is CCOC(=O)c1c(-c2ccccc2)csc1NC(=O)/C=C/c1cc(Br)ccc1OCC. The number of amides is 1. The van der Waals surface area contributed by atoms with Crippen LogP contribution in [0, 0.1) is 0 Å². The number of nitrogens with one attached hydrogen (secondary N) is 1. The predicted octanol–water partition coefficient (Wildman–Crippen LogP) is 6.40. The summed E-state index contributed by atoms with van der Waals surface area (Å²) in [6, 6.07) is 15.1. The summed E-state index contributed by atoms with van der Waals surface area (Å²) >= 11 is 4.72. The van der Waals surface area contributed by atoms with E-state index >= 15 is 0 Å². The van der Waals surface area contributed by atoms with Gasteiger partial charge in [-0.2, -0.15) is 0 Å². The first-order valence-electron chi connectivity index (χ1n) is 9.78. The first kappa shape index (κ1) is 22.8. The van der Waals surface area contributed by atoms with Gasteiger partial charge in [0.1, 0.15) is 16.3 Å². The van der Waals surface area contributed by atoms with Gasteiger partial charge in [0, 0.05) is 27.1 Å². The molecule has 0 aliphatic carbocycles. The van der Waals surface area contributed by atoms with Gasteiger partial charge in [0.15, 0.2) is 0 Å². The van der Waals surface area contributed by atoms with Crippen molar-refractivity contribution in [2.75, 3.05) is 18.5 Å². The second-order valence-corrected chi connectivity index (χ2v) is 8.17. The van der Waals surface area contributed by atoms with Crippen molar-refractivity contribution in [3.63, 3.8) is 0 Å². The largest absolute Gasteiger partial charge is 0.493 e. The Kier molecular flexibility index (Phi) is 8.03. The third-order valence-electron chi connectivity index (χ3n) is 4.28. The van der Waals surface area contributed by atoms with Crippen molar-refractivity contribution >= 4 is 50.2 Å². The number of anilines is 1. The van der Waals surface area contributed by atoms with Crippen LogP contribution in [0.2, 0.25) is 0 Å². The van der Waals surface area contributed by atoms with E-state index in [-0.39, 0.29) is 12.5 Å². The molecule has 0 fully saturated rings. The number of carbonyl (C=O) groups is 2. The summed E-state index contributed by atoms with van der Waals surface area (Å²) in [5.41, 5.74) is 2.74. The number of rotatable bonds is 8. The van der Waals surface area contributed by atoms with E-state index in [0.717, 1.165) is 21.2 Å². The van der Waals surface area contributed by atoms with Crippen LogP contribution in [0.1, 0.15) is 29.8 Å². The Morgan fingerprint density at radius 1 is 1.10 bits per heavy atom. The van der Waals surface area contributed by atoms with Crippen molar-refractivity contribution in [2.24, 2.45) is 0 Å². The third-order valence-corrected chi connectivity index (χ3v) is 5.67. The maximum atomic E-state index is 12.6. The lowest BCUT2D eigenvalue weighted by Gasteiger charge is -2.08. The summed E-state index contributed by atoms with van der Waals surface area (Å²) in [4.78, 5) is 25.3. The maximum absolute atomic E-state index is 12.6. The van der Waals surface area contributed by atoms with Crippen LogP contribution >= 0.6 is 27.3 Å². The zero-order valence-electron chi connectivity index (χ0n) is 17.2. The van der Waals surface area contributed by atoms with Gasteiger partial charge >= 0.3 is 5.97 Å². The topological polar surface area (TPSA) is 64.6 Å². The fourth-order valence-corrected chi connectivity index (χ4v) is 4.28. The van der Waals surface area contributed by atoms with Gasteiger partial charge < -0.3 is 14.8 Å². The molecule has 0 bridgehead atoms. The molecule has 3 aromatic rings. The molecule has 0 spiro atoms. The molecule has 160 valence electrons. The molecule has 0 saturated heterocycles. The highest BCUT2D eigenvalue weighted by atomic mass is 79.9. The normalized spacial score (nSPS) is 10.8. The van der Waals surface area contributed by atoms with Crippen molar-refractivity contribution in [3.8, 4) is 16.9 Å². The molecule has 1 amide bonds. The molecule has 0 aliphatic rings. The number of hydrogen-bond acceptors (Lipinski definition) is 5. The van der Waals surface area contributed by atoms with Crippen LogP contribution in [-0.2, 0) is 9.53 Å². The minimum atomic E-state index is -0.465. The van der Waals surface area contributed by atoms with E-state index < -0.39 is 5.97 Å². The highest BCUT2D eigenvalue weighted by Gasteiger charge is 2.22. The number of ether oxygens (including phenoxy) is 2. The molecule has 7 heteroatoms. The Bertz CT molecular complexity index is 1090. The van der Waals surface area contributed by atoms with E-state index in [0.29, 0.717) is 22.9 Å². The van der Waals surface area contributed by atoms with Crippen LogP contribution in [0.4, 0.5) is 5.00 Å². The highest BCUT2D eigenvalue weighted by Crippen LogP contribution is 2.36. The van der Waals surface area contributed by atoms with Crippen LogP contribution in [0.5, 0.6) is 5.75 Å². The van der Waals surface area contributed by atoms with Gasteiger partial charge in [-0.1, -0.05) is 46.3 Å². The number of thiophene rings is 1. The monoisotopic (exact) mass is 499 g/mol. The fourth-order valence-electron chi connectivity index (χ4n) is 2.94. The number of halogens is 1. The van der Waals surface area contributed by atoms with E-state index in [2.05, 4.69) is 21.2 Å². The first-order valence-corrected chi connectivity index (χ1v) is 11.5. The van der Waals surface area contributed by atoms with Gasteiger partial charge in [0.2, 0.25) is 5.91 Å². The van der Waals surface area contributed by atoms with E-state index in [1.807, 2.05) is 60.8 Å². The Morgan fingerprint density at radius 3 is 2.58 bits per heavy atom. The Hall–Kier alpha value is -2.90. The number of esters is 1. The molecule has 0 atom stereocenters. The third kappa shape index (κ3) is 5.83. The minimum Gasteiger partial charge on any atom is -0.493 e. The molecule has 5 nitrogen and oxygen atoms in total. The van der Waals surface area contributed by atoms with Gasteiger partial charge in [-0.15, -0.1) is 11.3 Å². The molecular formula is C24H22BrNO4S. The quantitative estimate of drug-likeness (QED) is 0.287. The molecule has 0 radical (unpaired) electrons. The number of benzene rings is 2. The van der Waals surface area contributed by atoms with Crippen molar-refractivity contribution in [2.45, 2.75) is 13.8 Å². The second-order valence-electron chi connectivity index (χ2n) is 6.38. The van der Waals surface area contributed by atoms with Crippen molar-refractivity contribution < 1.29 is 19.1 Å². The zero-order chi connectivity index (χ0) is 22.2. The fraction of sp³-hybridized carbons (Fsp3) is 0.167. The Labute approximate surface area is 193 Å². The summed E-state index contributed by atoms with van der Waals surface area (Å²) in [6.07, 6.45) is 3.10. The molecule has 3 rings (SSSR count). The molecule has 0 saturated carbocycles. The van der Waals surface area contributed by atoms with Crippen LogP contribution in [-0.4, -0.2) is 25.1 Å². The van der Waals surface area contributed by atoms with E-state index in [1.165, 1.54) is 17.4 Å². The lowest BCUT2D eigenvalue weighted by Crippen LogP contribution is -2.12. The minimum absolute atomic E-state index is 0.249. The molecule has 0 aliphatic heterocycles. The van der Waals surface area contributed by atoms with Crippen molar-refractivity contribution in [1.29, 1.82) is 0 Å². The summed E-state index contributed by atoms with van der Waals surface area (Å²) in [5, 5.41) is 5.12. The average Bonchev–Trinajstić information content (AvgIpc) is 3.18. The highest BCUT2D eigenvalue weighted by molar-refractivity contribution is 9.10. The van der Waals surface area contributed by atoms with Gasteiger partial charge in [-0.05, 0) is 43.7 Å². The summed E-state index contributed by atoms with van der Waals surface area (Å²) in [6.45, 7) is 4.43. The van der Waals surface area contributed by atoms with Crippen LogP contribution < -0.4 is 10.1 Å². The molecule has 1 N–H and O–H groups in total. The van der Waals surface area contributed by atoms with Crippen LogP contribution in [0.3, 0.4) is 0 Å². The van der Waals surface area contributed by atoms with Gasteiger partial charge in [0.25, 0.3) is 0 Å². The van der Waals surface area contributed by atoms with Gasteiger partial charge in [0.05, 0.1) is 13.2 Å². The Balaban J connectivity index is 1.86. The summed E-state index contributed by atoms with van der Waals surface area (Å²) < 4.78 is 11.7. The first-order chi connectivity index (χ1) is 15.0.